The number of hydrogen-bond acceptors (Lipinski definition) is 2. The van der Waals surface area contributed by atoms with Crippen molar-refractivity contribution < 1.29 is 14.7 Å². The number of carbonyl (C=O) groups is 2. The SMILES string of the molecule is CCC(CC)CNC(=O)c1cccc(C(=O)O)c1. The molecule has 1 aromatic rings. The largest absolute Gasteiger partial charge is 0.478 e. The van der Waals surface area contributed by atoms with E-state index in [1.807, 2.05) is 0 Å². The van der Waals surface area contributed by atoms with Crippen molar-refractivity contribution in [2.75, 3.05) is 6.54 Å². The second-order valence-corrected chi connectivity index (χ2v) is 4.28. The number of aromatic carboxylic acids is 1. The molecule has 1 amide bonds. The van der Waals surface area contributed by atoms with Crippen LogP contribution in [0, 0.1) is 5.92 Å². The van der Waals surface area contributed by atoms with Gasteiger partial charge >= 0.3 is 5.97 Å². The van der Waals surface area contributed by atoms with Gasteiger partial charge in [-0.1, -0.05) is 32.8 Å². The van der Waals surface area contributed by atoms with Crippen LogP contribution in [0.15, 0.2) is 24.3 Å². The Hall–Kier alpha value is -1.84. The Bertz CT molecular complexity index is 425. The van der Waals surface area contributed by atoms with Gasteiger partial charge in [-0.2, -0.15) is 0 Å². The lowest BCUT2D eigenvalue weighted by Crippen LogP contribution is -2.29. The lowest BCUT2D eigenvalue weighted by Gasteiger charge is -2.13. The minimum atomic E-state index is -1.02. The van der Waals surface area contributed by atoms with Crippen LogP contribution in [-0.2, 0) is 0 Å². The molecule has 0 saturated heterocycles. The highest BCUT2D eigenvalue weighted by Gasteiger charge is 2.10. The fraction of sp³-hybridized carbons (Fsp3) is 0.429. The van der Waals surface area contributed by atoms with Crippen LogP contribution in [0.25, 0.3) is 0 Å². The molecule has 4 nitrogen and oxygen atoms in total. The van der Waals surface area contributed by atoms with Crippen molar-refractivity contribution in [3.8, 4) is 0 Å². The van der Waals surface area contributed by atoms with Gasteiger partial charge in [-0.05, 0) is 24.1 Å². The Morgan fingerprint density at radius 3 is 2.39 bits per heavy atom. The molecular weight excluding hydrogens is 230 g/mol. The number of carbonyl (C=O) groups excluding carboxylic acids is 1. The van der Waals surface area contributed by atoms with Gasteiger partial charge in [-0.25, -0.2) is 4.79 Å². The maximum Gasteiger partial charge on any atom is 0.335 e. The minimum absolute atomic E-state index is 0.130. The summed E-state index contributed by atoms with van der Waals surface area (Å²) in [6, 6.07) is 6.06. The van der Waals surface area contributed by atoms with Crippen LogP contribution in [0.4, 0.5) is 0 Å². The summed E-state index contributed by atoms with van der Waals surface area (Å²) in [5.74, 6) is -0.772. The first kappa shape index (κ1) is 14.2. The van der Waals surface area contributed by atoms with Gasteiger partial charge in [-0.3, -0.25) is 4.79 Å². The van der Waals surface area contributed by atoms with E-state index in [9.17, 15) is 9.59 Å². The van der Waals surface area contributed by atoms with Gasteiger partial charge < -0.3 is 10.4 Å². The highest BCUT2D eigenvalue weighted by Crippen LogP contribution is 2.08. The predicted octanol–water partition coefficient (Wildman–Crippen LogP) is 2.55. The van der Waals surface area contributed by atoms with Crippen LogP contribution >= 0.6 is 0 Å². The molecule has 0 aliphatic heterocycles. The van der Waals surface area contributed by atoms with Crippen LogP contribution in [0.1, 0.15) is 47.4 Å². The number of carboxylic acids is 1. The molecule has 0 saturated carbocycles. The Morgan fingerprint density at radius 1 is 1.22 bits per heavy atom. The van der Waals surface area contributed by atoms with Crippen molar-refractivity contribution in [3.05, 3.63) is 35.4 Å². The molecule has 18 heavy (non-hydrogen) atoms. The fourth-order valence-electron chi connectivity index (χ4n) is 1.71. The van der Waals surface area contributed by atoms with E-state index < -0.39 is 5.97 Å². The first-order chi connectivity index (χ1) is 8.58. The number of benzene rings is 1. The summed E-state index contributed by atoms with van der Waals surface area (Å²) in [5.41, 5.74) is 0.519. The predicted molar refractivity (Wildman–Crippen MR) is 69.8 cm³/mol. The van der Waals surface area contributed by atoms with Crippen molar-refractivity contribution in [2.45, 2.75) is 26.7 Å². The maximum absolute atomic E-state index is 11.9. The number of rotatable bonds is 6. The normalized spacial score (nSPS) is 10.4. The van der Waals surface area contributed by atoms with E-state index >= 15 is 0 Å². The van der Waals surface area contributed by atoms with Gasteiger partial charge in [0.25, 0.3) is 5.91 Å². The second-order valence-electron chi connectivity index (χ2n) is 4.28. The molecule has 0 aliphatic carbocycles. The van der Waals surface area contributed by atoms with Gasteiger partial charge in [-0.15, -0.1) is 0 Å². The van der Waals surface area contributed by atoms with Crippen molar-refractivity contribution in [1.29, 1.82) is 0 Å². The van der Waals surface area contributed by atoms with E-state index in [1.54, 1.807) is 12.1 Å². The Morgan fingerprint density at radius 2 is 1.83 bits per heavy atom. The van der Waals surface area contributed by atoms with Crippen molar-refractivity contribution in [2.24, 2.45) is 5.92 Å². The van der Waals surface area contributed by atoms with Gasteiger partial charge in [0.2, 0.25) is 0 Å². The number of nitrogens with one attached hydrogen (secondary N) is 1. The molecule has 4 heteroatoms. The zero-order chi connectivity index (χ0) is 13.5. The average Bonchev–Trinajstić information content (AvgIpc) is 2.39. The second kappa shape index (κ2) is 6.79. The first-order valence-electron chi connectivity index (χ1n) is 6.20. The summed E-state index contributed by atoms with van der Waals surface area (Å²) in [7, 11) is 0. The number of carboxylic acid groups (broad SMARTS) is 1. The fourth-order valence-corrected chi connectivity index (χ4v) is 1.71. The van der Waals surface area contributed by atoms with Crippen molar-refractivity contribution in [3.63, 3.8) is 0 Å². The van der Waals surface area contributed by atoms with E-state index in [2.05, 4.69) is 19.2 Å². The standard InChI is InChI=1S/C14H19NO3/c1-3-10(4-2)9-15-13(16)11-6-5-7-12(8-11)14(17)18/h5-8,10H,3-4,9H2,1-2H3,(H,15,16)(H,17,18). The van der Waals surface area contributed by atoms with Gasteiger partial charge in [0.05, 0.1) is 5.56 Å². The van der Waals surface area contributed by atoms with E-state index in [0.29, 0.717) is 18.0 Å². The molecular formula is C14H19NO3. The third-order valence-corrected chi connectivity index (χ3v) is 3.08. The van der Waals surface area contributed by atoms with Gasteiger partial charge in [0, 0.05) is 12.1 Å². The van der Waals surface area contributed by atoms with Crippen molar-refractivity contribution >= 4 is 11.9 Å². The van der Waals surface area contributed by atoms with Crippen LogP contribution in [0.3, 0.4) is 0 Å². The molecule has 1 rings (SSSR count). The number of hydrogen-bond donors (Lipinski definition) is 2. The molecule has 0 heterocycles. The van der Waals surface area contributed by atoms with Crippen molar-refractivity contribution in [1.82, 2.24) is 5.32 Å². The van der Waals surface area contributed by atoms with Crippen LogP contribution in [0.5, 0.6) is 0 Å². The zero-order valence-electron chi connectivity index (χ0n) is 10.8. The molecule has 1 aromatic carbocycles. The lowest BCUT2D eigenvalue weighted by molar-refractivity contribution is 0.0697. The lowest BCUT2D eigenvalue weighted by atomic mass is 10.0. The van der Waals surface area contributed by atoms with Crippen LogP contribution < -0.4 is 5.32 Å². The molecule has 0 unspecified atom stereocenters. The third-order valence-electron chi connectivity index (χ3n) is 3.08. The summed E-state index contributed by atoms with van der Waals surface area (Å²) >= 11 is 0. The van der Waals surface area contributed by atoms with Gasteiger partial charge in [0.1, 0.15) is 0 Å². The number of amides is 1. The van der Waals surface area contributed by atoms with Crippen LogP contribution in [0.2, 0.25) is 0 Å². The molecule has 0 bridgehead atoms. The highest BCUT2D eigenvalue weighted by molar-refractivity contribution is 5.97. The maximum atomic E-state index is 11.9. The van der Waals surface area contributed by atoms with E-state index in [-0.39, 0.29) is 11.5 Å². The molecule has 98 valence electrons. The molecule has 2 N–H and O–H groups in total. The molecule has 0 atom stereocenters. The molecule has 0 aromatic heterocycles. The zero-order valence-corrected chi connectivity index (χ0v) is 10.8. The average molecular weight is 249 g/mol. The molecule has 0 aliphatic rings. The molecule has 0 spiro atoms. The third kappa shape index (κ3) is 3.87. The monoisotopic (exact) mass is 249 g/mol. The van der Waals surface area contributed by atoms with Crippen LogP contribution in [-0.4, -0.2) is 23.5 Å². The van der Waals surface area contributed by atoms with E-state index in [4.69, 9.17) is 5.11 Å². The summed E-state index contributed by atoms with van der Waals surface area (Å²) in [4.78, 5) is 22.7. The van der Waals surface area contributed by atoms with E-state index in [1.165, 1.54) is 12.1 Å². The quantitative estimate of drug-likeness (QED) is 0.814. The topological polar surface area (TPSA) is 66.4 Å². The smallest absolute Gasteiger partial charge is 0.335 e. The Balaban J connectivity index is 2.67. The molecule has 0 fully saturated rings. The highest BCUT2D eigenvalue weighted by atomic mass is 16.4. The minimum Gasteiger partial charge on any atom is -0.478 e. The Kier molecular flexibility index (Phi) is 5.36. The summed E-state index contributed by atoms with van der Waals surface area (Å²) in [5, 5.41) is 11.7. The summed E-state index contributed by atoms with van der Waals surface area (Å²) in [6.07, 6.45) is 2.04. The first-order valence-corrected chi connectivity index (χ1v) is 6.20. The van der Waals surface area contributed by atoms with Gasteiger partial charge in [0.15, 0.2) is 0 Å². The van der Waals surface area contributed by atoms with E-state index in [0.717, 1.165) is 12.8 Å². The summed E-state index contributed by atoms with van der Waals surface area (Å²) in [6.45, 7) is 4.81. The summed E-state index contributed by atoms with van der Waals surface area (Å²) < 4.78 is 0. The molecule has 0 radical (unpaired) electrons. The Labute approximate surface area is 107 Å².